The number of nitrogens with one attached hydrogen (secondary N) is 1. The lowest BCUT2D eigenvalue weighted by Crippen LogP contribution is -2.11. The van der Waals surface area contributed by atoms with E-state index in [1.165, 1.54) is 6.20 Å². The fourth-order valence-electron chi connectivity index (χ4n) is 1.16. The fraction of sp³-hybridized carbons (Fsp3) is 0.0909. The van der Waals surface area contributed by atoms with Crippen molar-refractivity contribution >= 4 is 23.3 Å². The van der Waals surface area contributed by atoms with Gasteiger partial charge < -0.3 is 11.1 Å². The molecule has 0 unspecified atom stereocenters. The summed E-state index contributed by atoms with van der Waals surface area (Å²) in [5.74, 6) is 5.63. The molecule has 6 nitrogen and oxygen atoms in total. The SMILES string of the molecule is NCC#Cc1cccc(NC(=O)c2cnns2)n1. The van der Waals surface area contributed by atoms with Gasteiger partial charge in [-0.15, -0.1) is 5.10 Å². The number of carbonyl (C=O) groups is 1. The van der Waals surface area contributed by atoms with Crippen molar-refractivity contribution in [2.24, 2.45) is 5.73 Å². The molecule has 2 rings (SSSR count). The Morgan fingerprint density at radius 2 is 2.39 bits per heavy atom. The lowest BCUT2D eigenvalue weighted by molar-refractivity contribution is 0.103. The van der Waals surface area contributed by atoms with Crippen molar-refractivity contribution in [3.05, 3.63) is 35.0 Å². The predicted molar refractivity (Wildman–Crippen MR) is 68.0 cm³/mol. The van der Waals surface area contributed by atoms with Gasteiger partial charge in [0.15, 0.2) is 0 Å². The van der Waals surface area contributed by atoms with Crippen molar-refractivity contribution in [1.82, 2.24) is 14.6 Å². The largest absolute Gasteiger partial charge is 0.320 e. The third kappa shape index (κ3) is 3.10. The summed E-state index contributed by atoms with van der Waals surface area (Å²) in [5.41, 5.74) is 5.83. The number of amides is 1. The topological polar surface area (TPSA) is 93.8 Å². The summed E-state index contributed by atoms with van der Waals surface area (Å²) in [5, 5.41) is 6.24. The molecule has 18 heavy (non-hydrogen) atoms. The van der Waals surface area contributed by atoms with Crippen LogP contribution in [0.15, 0.2) is 24.4 Å². The Morgan fingerprint density at radius 3 is 3.11 bits per heavy atom. The first-order valence-electron chi connectivity index (χ1n) is 5.04. The molecule has 0 fully saturated rings. The van der Waals surface area contributed by atoms with E-state index in [0.717, 1.165) is 11.5 Å². The number of anilines is 1. The summed E-state index contributed by atoms with van der Waals surface area (Å²) in [6.07, 6.45) is 1.40. The summed E-state index contributed by atoms with van der Waals surface area (Å²) in [7, 11) is 0. The van der Waals surface area contributed by atoms with E-state index in [1.54, 1.807) is 18.2 Å². The van der Waals surface area contributed by atoms with Crippen molar-refractivity contribution < 1.29 is 4.79 Å². The molecular weight excluding hydrogens is 250 g/mol. The van der Waals surface area contributed by atoms with Crippen LogP contribution >= 0.6 is 11.5 Å². The maximum Gasteiger partial charge on any atom is 0.270 e. The number of hydrogen-bond acceptors (Lipinski definition) is 6. The second-order valence-corrected chi connectivity index (χ2v) is 3.94. The Labute approximate surface area is 107 Å². The first kappa shape index (κ1) is 12.2. The van der Waals surface area contributed by atoms with Crippen molar-refractivity contribution in [1.29, 1.82) is 0 Å². The van der Waals surface area contributed by atoms with Crippen molar-refractivity contribution in [2.75, 3.05) is 11.9 Å². The molecule has 0 atom stereocenters. The minimum Gasteiger partial charge on any atom is -0.320 e. The Kier molecular flexibility index (Phi) is 3.96. The highest BCUT2D eigenvalue weighted by atomic mass is 32.1. The van der Waals surface area contributed by atoms with Crippen LogP contribution in [0.4, 0.5) is 5.82 Å². The fourth-order valence-corrected chi connectivity index (χ4v) is 1.57. The highest BCUT2D eigenvalue weighted by Gasteiger charge is 2.09. The normalized spacial score (nSPS) is 9.39. The molecular formula is C11H9N5OS. The van der Waals surface area contributed by atoms with E-state index < -0.39 is 0 Å². The molecule has 0 aromatic carbocycles. The van der Waals surface area contributed by atoms with Gasteiger partial charge in [0.2, 0.25) is 0 Å². The van der Waals surface area contributed by atoms with Crippen LogP contribution in [0.3, 0.4) is 0 Å². The number of aromatic nitrogens is 3. The zero-order chi connectivity index (χ0) is 12.8. The molecule has 0 bridgehead atoms. The summed E-state index contributed by atoms with van der Waals surface area (Å²) in [4.78, 5) is 16.3. The second-order valence-electron chi connectivity index (χ2n) is 3.15. The van der Waals surface area contributed by atoms with E-state index in [2.05, 4.69) is 31.7 Å². The molecule has 2 aromatic rings. The van der Waals surface area contributed by atoms with Crippen molar-refractivity contribution in [2.45, 2.75) is 0 Å². The Balaban J connectivity index is 2.12. The number of nitrogens with two attached hydrogens (primary N) is 1. The number of pyridine rings is 1. The van der Waals surface area contributed by atoms with E-state index in [9.17, 15) is 4.79 Å². The van der Waals surface area contributed by atoms with Crippen LogP contribution < -0.4 is 11.1 Å². The molecule has 2 aromatic heterocycles. The van der Waals surface area contributed by atoms with Crippen LogP contribution in [0.25, 0.3) is 0 Å². The molecule has 2 heterocycles. The van der Waals surface area contributed by atoms with Crippen LogP contribution in [0.2, 0.25) is 0 Å². The van der Waals surface area contributed by atoms with E-state index in [-0.39, 0.29) is 12.5 Å². The third-order valence-corrected chi connectivity index (χ3v) is 2.56. The average molecular weight is 259 g/mol. The monoisotopic (exact) mass is 259 g/mol. The number of nitrogens with zero attached hydrogens (tertiary/aromatic N) is 3. The van der Waals surface area contributed by atoms with Gasteiger partial charge >= 0.3 is 0 Å². The average Bonchev–Trinajstić information content (AvgIpc) is 2.91. The Bertz CT molecular complexity index is 599. The zero-order valence-corrected chi connectivity index (χ0v) is 10.1. The smallest absolute Gasteiger partial charge is 0.270 e. The zero-order valence-electron chi connectivity index (χ0n) is 9.25. The van der Waals surface area contributed by atoms with Crippen LogP contribution in [0.5, 0.6) is 0 Å². The minimum absolute atomic E-state index is 0.269. The van der Waals surface area contributed by atoms with Crippen molar-refractivity contribution in [3.63, 3.8) is 0 Å². The predicted octanol–water partition coefficient (Wildman–Crippen LogP) is 0.496. The Hall–Kier alpha value is -2.30. The van der Waals surface area contributed by atoms with Gasteiger partial charge in [-0.05, 0) is 29.6 Å². The first-order valence-corrected chi connectivity index (χ1v) is 5.81. The number of carbonyl (C=O) groups excluding carboxylic acids is 1. The lowest BCUT2D eigenvalue weighted by atomic mass is 10.3. The molecule has 0 saturated heterocycles. The second kappa shape index (κ2) is 5.86. The maximum absolute atomic E-state index is 11.7. The molecule has 7 heteroatoms. The van der Waals surface area contributed by atoms with Gasteiger partial charge in [0.1, 0.15) is 16.4 Å². The molecule has 0 aliphatic rings. The van der Waals surface area contributed by atoms with Gasteiger partial charge in [0.05, 0.1) is 12.7 Å². The molecule has 0 spiro atoms. The highest BCUT2D eigenvalue weighted by Crippen LogP contribution is 2.08. The van der Waals surface area contributed by atoms with Crippen LogP contribution in [0, 0.1) is 11.8 Å². The van der Waals surface area contributed by atoms with Gasteiger partial charge in [0, 0.05) is 0 Å². The summed E-state index contributed by atoms with van der Waals surface area (Å²) >= 11 is 1.02. The van der Waals surface area contributed by atoms with E-state index in [1.807, 2.05) is 0 Å². The van der Waals surface area contributed by atoms with Gasteiger partial charge in [-0.25, -0.2) is 4.98 Å². The van der Waals surface area contributed by atoms with Crippen molar-refractivity contribution in [3.8, 4) is 11.8 Å². The molecule has 1 amide bonds. The van der Waals surface area contributed by atoms with Crippen LogP contribution in [-0.4, -0.2) is 27.0 Å². The van der Waals surface area contributed by atoms with E-state index in [0.29, 0.717) is 16.4 Å². The van der Waals surface area contributed by atoms with Crippen LogP contribution in [0.1, 0.15) is 15.4 Å². The summed E-state index contributed by atoms with van der Waals surface area (Å²) in [6.45, 7) is 0.269. The van der Waals surface area contributed by atoms with E-state index >= 15 is 0 Å². The molecule has 3 N–H and O–H groups in total. The van der Waals surface area contributed by atoms with Gasteiger partial charge in [-0.2, -0.15) is 0 Å². The lowest BCUT2D eigenvalue weighted by Gasteiger charge is -2.01. The number of rotatable bonds is 2. The van der Waals surface area contributed by atoms with Gasteiger partial charge in [0.25, 0.3) is 5.91 Å². The quantitative estimate of drug-likeness (QED) is 0.766. The summed E-state index contributed by atoms with van der Waals surface area (Å²) < 4.78 is 3.62. The number of hydrogen-bond donors (Lipinski definition) is 2. The highest BCUT2D eigenvalue weighted by molar-refractivity contribution is 7.07. The Morgan fingerprint density at radius 1 is 1.50 bits per heavy atom. The van der Waals surface area contributed by atoms with Crippen LogP contribution in [-0.2, 0) is 0 Å². The molecule has 0 radical (unpaired) electrons. The van der Waals surface area contributed by atoms with Gasteiger partial charge in [-0.1, -0.05) is 16.5 Å². The maximum atomic E-state index is 11.7. The molecule has 0 aliphatic heterocycles. The third-order valence-electron chi connectivity index (χ3n) is 1.89. The molecule has 0 saturated carbocycles. The molecule has 0 aliphatic carbocycles. The van der Waals surface area contributed by atoms with Gasteiger partial charge in [-0.3, -0.25) is 4.79 Å². The van der Waals surface area contributed by atoms with E-state index in [4.69, 9.17) is 5.73 Å². The first-order chi connectivity index (χ1) is 8.79. The molecule has 90 valence electrons. The summed E-state index contributed by atoms with van der Waals surface area (Å²) in [6, 6.07) is 5.18. The minimum atomic E-state index is -0.290. The standard InChI is InChI=1S/C11H9N5OS/c12-6-2-4-8-3-1-5-10(14-8)15-11(17)9-7-13-16-18-9/h1,3,5,7H,6,12H2,(H,14,15,17).